The van der Waals surface area contributed by atoms with Crippen molar-refractivity contribution in [3.8, 4) is 0 Å². The van der Waals surface area contributed by atoms with Crippen molar-refractivity contribution in [1.82, 2.24) is 0 Å². The average molecular weight is 184 g/mol. The van der Waals surface area contributed by atoms with E-state index >= 15 is 0 Å². The van der Waals surface area contributed by atoms with Crippen LogP contribution < -0.4 is 5.73 Å². The standard InChI is InChI=1S/C6H13NO3.ClH/c1-2-5(8)4(3-7)6(9)10;/h4-5,8H,2-3,7H2,1H3,(H,9,10);1H/t4-,5+;/m0./s1. The summed E-state index contributed by atoms with van der Waals surface area (Å²) in [6.45, 7) is 1.71. The number of carboxylic acids is 1. The topological polar surface area (TPSA) is 83.5 Å². The lowest BCUT2D eigenvalue weighted by molar-refractivity contribution is -0.145. The minimum absolute atomic E-state index is 0. The summed E-state index contributed by atoms with van der Waals surface area (Å²) in [5.74, 6) is -1.85. The number of aliphatic hydroxyl groups excluding tert-OH is 1. The number of carboxylic acid groups (broad SMARTS) is 1. The first-order chi connectivity index (χ1) is 4.63. The Labute approximate surface area is 71.8 Å². The largest absolute Gasteiger partial charge is 0.481 e. The lowest BCUT2D eigenvalue weighted by Gasteiger charge is -2.14. The Balaban J connectivity index is 0. The molecule has 0 unspecified atom stereocenters. The fourth-order valence-electron chi connectivity index (χ4n) is 0.707. The molecule has 0 spiro atoms. The third-order valence-electron chi connectivity index (χ3n) is 1.45. The average Bonchev–Trinajstić information content (AvgIpc) is 1.88. The number of carbonyl (C=O) groups is 1. The zero-order valence-electron chi connectivity index (χ0n) is 6.36. The van der Waals surface area contributed by atoms with Gasteiger partial charge in [0.05, 0.1) is 12.0 Å². The minimum atomic E-state index is -1.03. The van der Waals surface area contributed by atoms with E-state index in [9.17, 15) is 4.79 Å². The molecule has 0 saturated heterocycles. The summed E-state index contributed by atoms with van der Waals surface area (Å²) in [4.78, 5) is 10.3. The molecule has 4 N–H and O–H groups in total. The molecule has 0 aromatic rings. The third-order valence-corrected chi connectivity index (χ3v) is 1.45. The van der Waals surface area contributed by atoms with E-state index in [1.165, 1.54) is 0 Å². The summed E-state index contributed by atoms with van der Waals surface area (Å²) in [5, 5.41) is 17.5. The van der Waals surface area contributed by atoms with Gasteiger partial charge in [0.2, 0.25) is 0 Å². The second kappa shape index (κ2) is 6.39. The highest BCUT2D eigenvalue weighted by Gasteiger charge is 2.22. The highest BCUT2D eigenvalue weighted by Crippen LogP contribution is 2.05. The van der Waals surface area contributed by atoms with Gasteiger partial charge in [0.25, 0.3) is 0 Å². The van der Waals surface area contributed by atoms with E-state index in [1.807, 2.05) is 0 Å². The van der Waals surface area contributed by atoms with Crippen molar-refractivity contribution < 1.29 is 15.0 Å². The molecule has 0 aromatic carbocycles. The van der Waals surface area contributed by atoms with E-state index in [0.29, 0.717) is 6.42 Å². The maximum atomic E-state index is 10.3. The van der Waals surface area contributed by atoms with Gasteiger partial charge in [0.1, 0.15) is 0 Å². The molecule has 0 aromatic heterocycles. The monoisotopic (exact) mass is 183 g/mol. The Hall–Kier alpha value is -0.320. The van der Waals surface area contributed by atoms with Crippen LogP contribution in [0.3, 0.4) is 0 Å². The Kier molecular flexibility index (Phi) is 7.72. The van der Waals surface area contributed by atoms with Crippen molar-refractivity contribution in [1.29, 1.82) is 0 Å². The zero-order chi connectivity index (χ0) is 8.15. The van der Waals surface area contributed by atoms with E-state index in [4.69, 9.17) is 15.9 Å². The molecule has 0 heterocycles. The zero-order valence-corrected chi connectivity index (χ0v) is 7.17. The molecule has 0 radical (unpaired) electrons. The first-order valence-corrected chi connectivity index (χ1v) is 3.24. The van der Waals surface area contributed by atoms with Crippen molar-refractivity contribution >= 4 is 18.4 Å². The van der Waals surface area contributed by atoms with Gasteiger partial charge < -0.3 is 15.9 Å². The molecule has 0 fully saturated rings. The SMILES string of the molecule is CC[C@@H](O)[C@H](CN)C(=O)O.Cl. The lowest BCUT2D eigenvalue weighted by Crippen LogP contribution is -2.33. The quantitative estimate of drug-likeness (QED) is 0.566. The molecular weight excluding hydrogens is 170 g/mol. The molecule has 4 nitrogen and oxygen atoms in total. The van der Waals surface area contributed by atoms with Crippen molar-refractivity contribution in [3.63, 3.8) is 0 Å². The normalized spacial score (nSPS) is 14.8. The summed E-state index contributed by atoms with van der Waals surface area (Å²) in [5.41, 5.74) is 5.11. The van der Waals surface area contributed by atoms with Crippen LogP contribution >= 0.6 is 12.4 Å². The number of aliphatic hydroxyl groups is 1. The van der Waals surface area contributed by atoms with Crippen LogP contribution in [-0.4, -0.2) is 28.8 Å². The predicted octanol–water partition coefficient (Wildman–Crippen LogP) is -0.161. The van der Waals surface area contributed by atoms with E-state index in [1.54, 1.807) is 6.92 Å². The number of hydrogen-bond acceptors (Lipinski definition) is 3. The molecule has 5 heteroatoms. The number of hydrogen-bond donors (Lipinski definition) is 3. The summed E-state index contributed by atoms with van der Waals surface area (Å²) >= 11 is 0. The second-order valence-electron chi connectivity index (χ2n) is 2.16. The fraction of sp³-hybridized carbons (Fsp3) is 0.833. The van der Waals surface area contributed by atoms with Crippen LogP contribution in [0.15, 0.2) is 0 Å². The smallest absolute Gasteiger partial charge is 0.310 e. The van der Waals surface area contributed by atoms with Crippen molar-refractivity contribution in [2.24, 2.45) is 11.7 Å². The Morgan fingerprint density at radius 3 is 2.18 bits per heavy atom. The van der Waals surface area contributed by atoms with Gasteiger partial charge in [-0.3, -0.25) is 4.79 Å². The van der Waals surface area contributed by atoms with Crippen LogP contribution in [0.4, 0.5) is 0 Å². The summed E-state index contributed by atoms with van der Waals surface area (Å²) in [6.07, 6.45) is -0.392. The fourth-order valence-corrected chi connectivity index (χ4v) is 0.707. The van der Waals surface area contributed by atoms with E-state index in [-0.39, 0.29) is 19.0 Å². The Bertz CT molecular complexity index is 120. The summed E-state index contributed by atoms with van der Waals surface area (Å²) in [7, 11) is 0. The van der Waals surface area contributed by atoms with E-state index < -0.39 is 18.0 Å². The molecule has 0 aliphatic carbocycles. The van der Waals surface area contributed by atoms with Crippen LogP contribution in [0.1, 0.15) is 13.3 Å². The van der Waals surface area contributed by atoms with Gasteiger partial charge in [-0.2, -0.15) is 0 Å². The van der Waals surface area contributed by atoms with E-state index in [0.717, 1.165) is 0 Å². The molecular formula is C6H14ClNO3. The highest BCUT2D eigenvalue weighted by atomic mass is 35.5. The summed E-state index contributed by atoms with van der Waals surface area (Å²) < 4.78 is 0. The number of nitrogens with two attached hydrogens (primary N) is 1. The Morgan fingerprint density at radius 2 is 2.09 bits per heavy atom. The molecule has 0 amide bonds. The summed E-state index contributed by atoms with van der Waals surface area (Å²) in [6, 6.07) is 0. The lowest BCUT2D eigenvalue weighted by atomic mass is 10.0. The van der Waals surface area contributed by atoms with Gasteiger partial charge in [0, 0.05) is 6.54 Å². The van der Waals surface area contributed by atoms with Crippen molar-refractivity contribution in [2.45, 2.75) is 19.4 Å². The predicted molar refractivity (Wildman–Crippen MR) is 43.7 cm³/mol. The van der Waals surface area contributed by atoms with Crippen LogP contribution in [0, 0.1) is 5.92 Å². The maximum absolute atomic E-state index is 10.3. The first kappa shape index (κ1) is 13.3. The third kappa shape index (κ3) is 4.19. The molecule has 0 saturated carbocycles. The molecule has 0 aliphatic heterocycles. The molecule has 11 heavy (non-hydrogen) atoms. The maximum Gasteiger partial charge on any atom is 0.310 e. The van der Waals surface area contributed by atoms with Gasteiger partial charge in [-0.15, -0.1) is 12.4 Å². The molecule has 0 bridgehead atoms. The van der Waals surface area contributed by atoms with Gasteiger partial charge in [-0.05, 0) is 6.42 Å². The molecule has 68 valence electrons. The van der Waals surface area contributed by atoms with Crippen molar-refractivity contribution in [3.05, 3.63) is 0 Å². The van der Waals surface area contributed by atoms with Gasteiger partial charge in [-0.1, -0.05) is 6.92 Å². The van der Waals surface area contributed by atoms with Crippen molar-refractivity contribution in [2.75, 3.05) is 6.54 Å². The molecule has 0 aliphatic rings. The molecule has 2 atom stereocenters. The molecule has 0 rings (SSSR count). The number of aliphatic carboxylic acids is 1. The number of rotatable bonds is 4. The minimum Gasteiger partial charge on any atom is -0.481 e. The first-order valence-electron chi connectivity index (χ1n) is 3.24. The van der Waals surface area contributed by atoms with Crippen LogP contribution in [0.2, 0.25) is 0 Å². The van der Waals surface area contributed by atoms with Crippen LogP contribution in [0.25, 0.3) is 0 Å². The highest BCUT2D eigenvalue weighted by molar-refractivity contribution is 5.85. The number of halogens is 1. The van der Waals surface area contributed by atoms with Gasteiger partial charge >= 0.3 is 5.97 Å². The van der Waals surface area contributed by atoms with Gasteiger partial charge in [0.15, 0.2) is 0 Å². The Morgan fingerprint density at radius 1 is 1.64 bits per heavy atom. The van der Waals surface area contributed by atoms with Crippen LogP contribution in [0.5, 0.6) is 0 Å². The van der Waals surface area contributed by atoms with Gasteiger partial charge in [-0.25, -0.2) is 0 Å². The second-order valence-corrected chi connectivity index (χ2v) is 2.16. The van der Waals surface area contributed by atoms with E-state index in [2.05, 4.69) is 0 Å². The van der Waals surface area contributed by atoms with Crippen LogP contribution in [-0.2, 0) is 4.79 Å².